The summed E-state index contributed by atoms with van der Waals surface area (Å²) in [4.78, 5) is 50.7. The Balaban J connectivity index is 1.51. The molecule has 1 atom stereocenters. The summed E-state index contributed by atoms with van der Waals surface area (Å²) in [6.45, 7) is 6.03. The van der Waals surface area contributed by atoms with E-state index in [-0.39, 0.29) is 50.1 Å². The SMILES string of the molecule is CC(C)(C)NC(=O)CCC(NC(=O)CCc1ccccc1)C(=O)NCCNC(=O)c1cccc(-c2ccccc2)c1. The molecule has 0 heterocycles. The van der Waals surface area contributed by atoms with E-state index >= 15 is 0 Å². The maximum atomic E-state index is 13.0. The third-order valence-corrected chi connectivity index (χ3v) is 6.25. The van der Waals surface area contributed by atoms with E-state index in [9.17, 15) is 19.2 Å². The van der Waals surface area contributed by atoms with Gasteiger partial charge in [-0.2, -0.15) is 0 Å². The number of hydrogen-bond acceptors (Lipinski definition) is 4. The molecule has 0 radical (unpaired) electrons. The summed E-state index contributed by atoms with van der Waals surface area (Å²) >= 11 is 0. The average Bonchev–Trinajstić information content (AvgIpc) is 2.96. The minimum absolute atomic E-state index is 0.0861. The molecule has 3 rings (SSSR count). The number of hydrogen-bond donors (Lipinski definition) is 4. The molecule has 4 N–H and O–H groups in total. The van der Waals surface area contributed by atoms with Crippen molar-refractivity contribution in [1.29, 1.82) is 0 Å². The first-order valence-corrected chi connectivity index (χ1v) is 14.0. The maximum absolute atomic E-state index is 13.0. The van der Waals surface area contributed by atoms with Crippen LogP contribution >= 0.6 is 0 Å². The Kier molecular flexibility index (Phi) is 11.6. The third kappa shape index (κ3) is 11.3. The van der Waals surface area contributed by atoms with Gasteiger partial charge in [-0.15, -0.1) is 0 Å². The zero-order valence-electron chi connectivity index (χ0n) is 24.0. The van der Waals surface area contributed by atoms with E-state index in [1.807, 2.05) is 99.6 Å². The predicted molar refractivity (Wildman–Crippen MR) is 161 cm³/mol. The van der Waals surface area contributed by atoms with Crippen LogP contribution in [0.3, 0.4) is 0 Å². The zero-order chi connectivity index (χ0) is 29.7. The van der Waals surface area contributed by atoms with Gasteiger partial charge in [0.1, 0.15) is 6.04 Å². The van der Waals surface area contributed by atoms with Crippen LogP contribution in [0.25, 0.3) is 11.1 Å². The molecule has 41 heavy (non-hydrogen) atoms. The first-order valence-electron chi connectivity index (χ1n) is 14.0. The van der Waals surface area contributed by atoms with Crippen LogP contribution in [0.2, 0.25) is 0 Å². The Hall–Kier alpha value is -4.46. The molecule has 3 aromatic carbocycles. The summed E-state index contributed by atoms with van der Waals surface area (Å²) in [5, 5.41) is 11.3. The molecule has 0 saturated carbocycles. The number of aryl methyl sites for hydroxylation is 1. The normalized spacial score (nSPS) is 11.7. The van der Waals surface area contributed by atoms with E-state index in [0.29, 0.717) is 12.0 Å². The fraction of sp³-hybridized carbons (Fsp3) is 0.333. The lowest BCUT2D eigenvalue weighted by atomic mass is 10.0. The minimum Gasteiger partial charge on any atom is -0.353 e. The second-order valence-electron chi connectivity index (χ2n) is 10.9. The summed E-state index contributed by atoms with van der Waals surface area (Å²) in [6, 6.07) is 25.9. The number of amides is 4. The zero-order valence-corrected chi connectivity index (χ0v) is 24.0. The summed E-state index contributed by atoms with van der Waals surface area (Å²) in [6.07, 6.45) is 1.01. The van der Waals surface area contributed by atoms with E-state index in [4.69, 9.17) is 0 Å². The number of carbonyl (C=O) groups is 4. The molecular weight excluding hydrogens is 516 g/mol. The second-order valence-corrected chi connectivity index (χ2v) is 10.9. The van der Waals surface area contributed by atoms with Crippen LogP contribution in [0.5, 0.6) is 0 Å². The van der Waals surface area contributed by atoms with Crippen molar-refractivity contribution in [3.63, 3.8) is 0 Å². The van der Waals surface area contributed by atoms with Gasteiger partial charge >= 0.3 is 0 Å². The van der Waals surface area contributed by atoms with Gasteiger partial charge in [-0.1, -0.05) is 72.8 Å². The number of nitrogens with one attached hydrogen (secondary N) is 4. The number of rotatable bonds is 13. The van der Waals surface area contributed by atoms with Crippen molar-refractivity contribution in [2.75, 3.05) is 13.1 Å². The van der Waals surface area contributed by atoms with Crippen LogP contribution in [-0.4, -0.2) is 48.3 Å². The van der Waals surface area contributed by atoms with E-state index in [2.05, 4.69) is 21.3 Å². The second kappa shape index (κ2) is 15.4. The lowest BCUT2D eigenvalue weighted by Gasteiger charge is -2.22. The molecule has 0 spiro atoms. The van der Waals surface area contributed by atoms with Crippen molar-refractivity contribution < 1.29 is 19.2 Å². The summed E-state index contributed by atoms with van der Waals surface area (Å²) in [5.41, 5.74) is 3.10. The van der Waals surface area contributed by atoms with E-state index < -0.39 is 17.5 Å². The fourth-order valence-electron chi connectivity index (χ4n) is 4.25. The molecule has 4 amide bonds. The highest BCUT2D eigenvalue weighted by Crippen LogP contribution is 2.20. The van der Waals surface area contributed by atoms with Crippen molar-refractivity contribution >= 4 is 23.6 Å². The van der Waals surface area contributed by atoms with Crippen molar-refractivity contribution in [1.82, 2.24) is 21.3 Å². The molecule has 216 valence electrons. The molecule has 0 bridgehead atoms. The van der Waals surface area contributed by atoms with E-state index in [0.717, 1.165) is 16.7 Å². The van der Waals surface area contributed by atoms with Crippen LogP contribution in [0.4, 0.5) is 0 Å². The third-order valence-electron chi connectivity index (χ3n) is 6.25. The average molecular weight is 557 g/mol. The molecule has 0 aromatic heterocycles. The lowest BCUT2D eigenvalue weighted by Crippen LogP contribution is -2.49. The Morgan fingerprint density at radius 1 is 0.707 bits per heavy atom. The van der Waals surface area contributed by atoms with Crippen molar-refractivity contribution in [2.24, 2.45) is 0 Å². The fourth-order valence-corrected chi connectivity index (χ4v) is 4.25. The molecule has 3 aromatic rings. The smallest absolute Gasteiger partial charge is 0.251 e. The summed E-state index contributed by atoms with van der Waals surface area (Å²) in [7, 11) is 0. The molecule has 0 saturated heterocycles. The maximum Gasteiger partial charge on any atom is 0.251 e. The lowest BCUT2D eigenvalue weighted by molar-refractivity contribution is -0.130. The molecule has 1 unspecified atom stereocenters. The molecule has 0 aliphatic heterocycles. The number of carbonyl (C=O) groups excluding carboxylic acids is 4. The standard InChI is InChI=1S/C33H40N4O4/c1-33(2,3)37-30(39)20-18-28(36-29(38)19-17-24-11-6-4-7-12-24)32(41)35-22-21-34-31(40)27-16-10-15-26(23-27)25-13-8-5-9-14-25/h4-16,23,28H,17-22H2,1-3H3,(H,34,40)(H,35,41)(H,36,38)(H,37,39). The highest BCUT2D eigenvalue weighted by molar-refractivity contribution is 5.95. The number of benzene rings is 3. The first kappa shape index (κ1) is 31.1. The van der Waals surface area contributed by atoms with Crippen molar-refractivity contribution in [2.45, 2.75) is 58.0 Å². The van der Waals surface area contributed by atoms with Crippen molar-refractivity contribution in [3.8, 4) is 11.1 Å². The van der Waals surface area contributed by atoms with Gasteiger partial charge in [0.05, 0.1) is 0 Å². The summed E-state index contributed by atoms with van der Waals surface area (Å²) in [5.74, 6) is -1.11. The Morgan fingerprint density at radius 2 is 1.34 bits per heavy atom. The molecular formula is C33H40N4O4. The van der Waals surface area contributed by atoms with Crippen LogP contribution in [-0.2, 0) is 20.8 Å². The van der Waals surface area contributed by atoms with Crippen LogP contribution in [0.1, 0.15) is 56.0 Å². The molecule has 0 aliphatic rings. The highest BCUT2D eigenvalue weighted by atomic mass is 16.2. The molecule has 8 nitrogen and oxygen atoms in total. The monoisotopic (exact) mass is 556 g/mol. The quantitative estimate of drug-likeness (QED) is 0.238. The van der Waals surface area contributed by atoms with Gasteiger partial charge in [0, 0.05) is 37.0 Å². The highest BCUT2D eigenvalue weighted by Gasteiger charge is 2.23. The van der Waals surface area contributed by atoms with Crippen LogP contribution < -0.4 is 21.3 Å². The van der Waals surface area contributed by atoms with Gasteiger partial charge < -0.3 is 21.3 Å². The Bertz CT molecular complexity index is 1300. The van der Waals surface area contributed by atoms with Crippen LogP contribution in [0.15, 0.2) is 84.9 Å². The van der Waals surface area contributed by atoms with Gasteiger partial charge in [0.25, 0.3) is 5.91 Å². The Morgan fingerprint density at radius 3 is 2.02 bits per heavy atom. The largest absolute Gasteiger partial charge is 0.353 e. The summed E-state index contributed by atoms with van der Waals surface area (Å²) < 4.78 is 0. The first-order chi connectivity index (χ1) is 19.6. The van der Waals surface area contributed by atoms with Gasteiger partial charge in [0.2, 0.25) is 17.7 Å². The Labute approximate surface area is 242 Å². The molecule has 0 aliphatic carbocycles. The topological polar surface area (TPSA) is 116 Å². The predicted octanol–water partition coefficient (Wildman–Crippen LogP) is 4.01. The van der Waals surface area contributed by atoms with Gasteiger partial charge in [-0.3, -0.25) is 19.2 Å². The minimum atomic E-state index is -0.873. The van der Waals surface area contributed by atoms with Crippen molar-refractivity contribution in [3.05, 3.63) is 96.1 Å². The molecule has 8 heteroatoms. The van der Waals surface area contributed by atoms with Gasteiger partial charge in [-0.05, 0) is 62.4 Å². The van der Waals surface area contributed by atoms with E-state index in [1.165, 1.54) is 0 Å². The molecule has 0 fully saturated rings. The van der Waals surface area contributed by atoms with Crippen LogP contribution in [0, 0.1) is 0 Å². The van der Waals surface area contributed by atoms with E-state index in [1.54, 1.807) is 6.07 Å². The van der Waals surface area contributed by atoms with Gasteiger partial charge in [0.15, 0.2) is 0 Å². The van der Waals surface area contributed by atoms with Gasteiger partial charge in [-0.25, -0.2) is 0 Å².